The lowest BCUT2D eigenvalue weighted by Crippen LogP contribution is -2.25. The molecule has 118 valence electrons. The van der Waals surface area contributed by atoms with Gasteiger partial charge in [-0.1, -0.05) is 25.4 Å². The first-order chi connectivity index (χ1) is 9.62. The molecule has 5 nitrogen and oxygen atoms in total. The van der Waals surface area contributed by atoms with Crippen molar-refractivity contribution in [1.82, 2.24) is 5.32 Å². The van der Waals surface area contributed by atoms with E-state index in [-0.39, 0.29) is 21.4 Å². The van der Waals surface area contributed by atoms with E-state index in [2.05, 4.69) is 19.2 Å². The van der Waals surface area contributed by atoms with Gasteiger partial charge in [0.1, 0.15) is 0 Å². The third-order valence-electron chi connectivity index (χ3n) is 3.11. The Balaban J connectivity index is 2.89. The van der Waals surface area contributed by atoms with Crippen LogP contribution >= 0.6 is 11.6 Å². The maximum atomic E-state index is 12.0. The van der Waals surface area contributed by atoms with E-state index in [1.165, 1.54) is 12.1 Å². The molecular weight excluding hydrogens is 312 g/mol. The Hall–Kier alpha value is -1.11. The van der Waals surface area contributed by atoms with Gasteiger partial charge >= 0.3 is 0 Å². The number of nitrogens with one attached hydrogen (secondary N) is 1. The highest BCUT2D eigenvalue weighted by Gasteiger charge is 2.18. The zero-order chi connectivity index (χ0) is 16.2. The number of benzene rings is 1. The van der Waals surface area contributed by atoms with Crippen LogP contribution in [0.25, 0.3) is 0 Å². The van der Waals surface area contributed by atoms with Gasteiger partial charge in [-0.3, -0.25) is 4.79 Å². The second-order valence-corrected chi connectivity index (χ2v) is 7.36. The summed E-state index contributed by atoms with van der Waals surface area (Å²) in [6.45, 7) is 6.31. The molecule has 7 heteroatoms. The fourth-order valence-corrected chi connectivity index (χ4v) is 3.00. The number of nitrogens with two attached hydrogens (primary N) is 1. The second-order valence-electron chi connectivity index (χ2n) is 5.42. The molecule has 21 heavy (non-hydrogen) atoms. The maximum Gasteiger partial charge on any atom is 0.251 e. The molecule has 0 aliphatic rings. The lowest BCUT2D eigenvalue weighted by molar-refractivity contribution is 0.0952. The van der Waals surface area contributed by atoms with E-state index in [1.54, 1.807) is 6.92 Å². The maximum absolute atomic E-state index is 12.0. The summed E-state index contributed by atoms with van der Waals surface area (Å²) < 4.78 is 23.0. The molecule has 0 spiro atoms. The van der Waals surface area contributed by atoms with E-state index in [9.17, 15) is 13.2 Å². The van der Waals surface area contributed by atoms with E-state index in [0.717, 1.165) is 12.8 Å². The van der Waals surface area contributed by atoms with Crippen LogP contribution in [-0.2, 0) is 10.0 Å². The smallest absolute Gasteiger partial charge is 0.251 e. The van der Waals surface area contributed by atoms with Gasteiger partial charge in [0, 0.05) is 17.1 Å². The number of hydrogen-bond donors (Lipinski definition) is 2. The fourth-order valence-electron chi connectivity index (χ4n) is 1.89. The van der Waals surface area contributed by atoms with Gasteiger partial charge < -0.3 is 5.32 Å². The van der Waals surface area contributed by atoms with Crippen LogP contribution in [0.3, 0.4) is 0 Å². The molecule has 0 aliphatic heterocycles. The number of sulfonamides is 1. The first kappa shape index (κ1) is 17.9. The number of hydrogen-bond acceptors (Lipinski definition) is 3. The van der Waals surface area contributed by atoms with Gasteiger partial charge in [-0.2, -0.15) is 0 Å². The molecule has 0 aliphatic carbocycles. The molecule has 0 saturated carbocycles. The Morgan fingerprint density at radius 1 is 1.38 bits per heavy atom. The largest absolute Gasteiger partial charge is 0.352 e. The quantitative estimate of drug-likeness (QED) is 0.784. The minimum absolute atomic E-state index is 0.123. The fraction of sp³-hybridized carbons (Fsp3) is 0.500. The van der Waals surface area contributed by atoms with E-state index >= 15 is 0 Å². The van der Waals surface area contributed by atoms with Crippen LogP contribution in [0.15, 0.2) is 17.0 Å². The van der Waals surface area contributed by atoms with Crippen LogP contribution in [0, 0.1) is 12.8 Å². The molecule has 3 N–H and O–H groups in total. The minimum Gasteiger partial charge on any atom is -0.352 e. The van der Waals surface area contributed by atoms with Gasteiger partial charge in [0.15, 0.2) is 0 Å². The highest BCUT2D eigenvalue weighted by molar-refractivity contribution is 7.89. The zero-order valence-corrected chi connectivity index (χ0v) is 14.0. The van der Waals surface area contributed by atoms with E-state index in [0.29, 0.717) is 18.0 Å². The summed E-state index contributed by atoms with van der Waals surface area (Å²) >= 11 is 5.97. The molecular formula is C14H21ClN2O3S. The van der Waals surface area contributed by atoms with Gasteiger partial charge in [-0.25, -0.2) is 13.6 Å². The van der Waals surface area contributed by atoms with Crippen molar-refractivity contribution in [3.8, 4) is 0 Å². The summed E-state index contributed by atoms with van der Waals surface area (Å²) in [5, 5.41) is 8.08. The lowest BCUT2D eigenvalue weighted by atomic mass is 10.1. The van der Waals surface area contributed by atoms with Gasteiger partial charge in [0.05, 0.1) is 4.90 Å². The van der Waals surface area contributed by atoms with Gasteiger partial charge in [0.2, 0.25) is 10.0 Å². The van der Waals surface area contributed by atoms with Gasteiger partial charge in [-0.15, -0.1) is 0 Å². The summed E-state index contributed by atoms with van der Waals surface area (Å²) in [7, 11) is -3.91. The predicted molar refractivity (Wildman–Crippen MR) is 84.0 cm³/mol. The summed E-state index contributed by atoms with van der Waals surface area (Å²) in [6, 6.07) is 2.71. The van der Waals surface area contributed by atoms with Crippen molar-refractivity contribution in [3.63, 3.8) is 0 Å². The lowest BCUT2D eigenvalue weighted by Gasteiger charge is -2.10. The minimum atomic E-state index is -3.91. The average molecular weight is 333 g/mol. The Kier molecular flexibility index (Phi) is 6.19. The van der Waals surface area contributed by atoms with E-state index in [4.69, 9.17) is 16.7 Å². The molecule has 0 fully saturated rings. The van der Waals surface area contributed by atoms with E-state index in [1.807, 2.05) is 0 Å². The van der Waals surface area contributed by atoms with Crippen LogP contribution in [0.1, 0.15) is 42.6 Å². The molecule has 0 bridgehead atoms. The van der Waals surface area contributed by atoms with Crippen LogP contribution in [0.4, 0.5) is 0 Å². The van der Waals surface area contributed by atoms with Crippen molar-refractivity contribution in [3.05, 3.63) is 28.3 Å². The molecule has 1 rings (SSSR count). The molecule has 0 radical (unpaired) electrons. The normalized spacial score (nSPS) is 11.7. The highest BCUT2D eigenvalue weighted by atomic mass is 35.5. The summed E-state index contributed by atoms with van der Waals surface area (Å²) in [4.78, 5) is 11.9. The first-order valence-corrected chi connectivity index (χ1v) is 8.66. The van der Waals surface area contributed by atoms with Crippen LogP contribution in [-0.4, -0.2) is 20.9 Å². The number of carbonyl (C=O) groups excluding carboxylic acids is 1. The number of rotatable bonds is 6. The molecule has 1 aromatic carbocycles. The summed E-state index contributed by atoms with van der Waals surface area (Å²) in [6.07, 6.45) is 1.88. The predicted octanol–water partition coefficient (Wildman–Crippen LogP) is 2.46. The Bertz CT molecular complexity index is 627. The Morgan fingerprint density at radius 3 is 2.52 bits per heavy atom. The molecule has 1 amide bonds. The number of halogens is 1. The first-order valence-electron chi connectivity index (χ1n) is 6.74. The van der Waals surface area contributed by atoms with E-state index < -0.39 is 10.0 Å². The van der Waals surface area contributed by atoms with Crippen molar-refractivity contribution in [2.45, 2.75) is 38.5 Å². The topological polar surface area (TPSA) is 89.3 Å². The third kappa shape index (κ3) is 5.30. The molecule has 0 atom stereocenters. The zero-order valence-electron chi connectivity index (χ0n) is 12.4. The van der Waals surface area contributed by atoms with Gasteiger partial charge in [0.25, 0.3) is 5.91 Å². The van der Waals surface area contributed by atoms with Crippen LogP contribution in [0.2, 0.25) is 5.02 Å². The number of primary sulfonamides is 1. The van der Waals surface area contributed by atoms with Crippen molar-refractivity contribution >= 4 is 27.5 Å². The SMILES string of the molecule is Cc1c(Cl)cc(C(=O)NCCCC(C)C)cc1S(N)(=O)=O. The third-order valence-corrected chi connectivity index (χ3v) is 4.54. The van der Waals surface area contributed by atoms with Crippen LogP contribution < -0.4 is 10.5 Å². The Labute approximate surface area is 130 Å². The standard InChI is InChI=1S/C14H21ClN2O3S/c1-9(2)5-4-6-17-14(18)11-7-12(15)10(3)13(8-11)21(16,19)20/h7-9H,4-6H2,1-3H3,(H,17,18)(H2,16,19,20). The van der Waals surface area contributed by atoms with Crippen LogP contribution in [0.5, 0.6) is 0 Å². The molecule has 0 heterocycles. The molecule has 1 aromatic rings. The molecule has 0 unspecified atom stereocenters. The van der Waals surface area contributed by atoms with Crippen molar-refractivity contribution in [2.75, 3.05) is 6.54 Å². The molecule has 0 saturated heterocycles. The van der Waals surface area contributed by atoms with Crippen molar-refractivity contribution < 1.29 is 13.2 Å². The summed E-state index contributed by atoms with van der Waals surface area (Å²) in [5.74, 6) is 0.218. The van der Waals surface area contributed by atoms with Crippen molar-refractivity contribution in [1.29, 1.82) is 0 Å². The number of carbonyl (C=O) groups is 1. The van der Waals surface area contributed by atoms with Gasteiger partial charge in [-0.05, 0) is 43.4 Å². The molecule has 0 aromatic heterocycles. The average Bonchev–Trinajstić information content (AvgIpc) is 2.35. The monoisotopic (exact) mass is 332 g/mol. The number of amides is 1. The highest BCUT2D eigenvalue weighted by Crippen LogP contribution is 2.24. The van der Waals surface area contributed by atoms with Crippen molar-refractivity contribution in [2.24, 2.45) is 11.1 Å². The second kappa shape index (κ2) is 7.24. The summed E-state index contributed by atoms with van der Waals surface area (Å²) in [5.41, 5.74) is 0.537. The Morgan fingerprint density at radius 2 is 2.00 bits per heavy atom.